The molecule has 0 bridgehead atoms. The van der Waals surface area contributed by atoms with Crippen molar-refractivity contribution in [2.75, 3.05) is 0 Å². The minimum Gasteiger partial charge on any atom is -0.307 e. The topological polar surface area (TPSA) is 56.1 Å². The lowest BCUT2D eigenvalue weighted by Gasteiger charge is -2.17. The van der Waals surface area contributed by atoms with Crippen molar-refractivity contribution in [3.63, 3.8) is 0 Å². The summed E-state index contributed by atoms with van der Waals surface area (Å²) < 4.78 is 27.8. The molecule has 27 heavy (non-hydrogen) atoms. The fourth-order valence-corrected chi connectivity index (χ4v) is 4.67. The van der Waals surface area contributed by atoms with Crippen LogP contribution in [0.25, 0.3) is 0 Å². The number of nitrogens with zero attached hydrogens (tertiary/aromatic N) is 1. The molecule has 3 aromatic rings. The highest BCUT2D eigenvalue weighted by atomic mass is 32.2. The Hall–Kier alpha value is -2.66. The van der Waals surface area contributed by atoms with E-state index in [1.165, 1.54) is 6.07 Å². The van der Waals surface area contributed by atoms with Gasteiger partial charge in [-0.05, 0) is 49.6 Å². The largest absolute Gasteiger partial charge is 0.307 e. The van der Waals surface area contributed by atoms with Gasteiger partial charge in [-0.15, -0.1) is 0 Å². The van der Waals surface area contributed by atoms with Crippen molar-refractivity contribution in [3.05, 3.63) is 93.4 Å². The second-order valence-electron chi connectivity index (χ2n) is 6.69. The summed E-state index contributed by atoms with van der Waals surface area (Å²) in [4.78, 5) is 13.1. The van der Waals surface area contributed by atoms with Gasteiger partial charge in [0.05, 0.1) is 11.4 Å². The molecular formula is C22H23NO3S. The normalized spacial score (nSPS) is 11.5. The highest BCUT2D eigenvalue weighted by molar-refractivity contribution is 7.91. The molecule has 0 fully saturated rings. The molecule has 1 aromatic heterocycles. The number of sulfone groups is 1. The van der Waals surface area contributed by atoms with Crippen LogP contribution in [0.15, 0.2) is 75.2 Å². The molecule has 2 aromatic carbocycles. The SMILES string of the molecule is CCc1c(C)cc(S(=O)(=O)c2ccc(C)cc2)c(=O)n1Cc1ccccc1. The van der Waals surface area contributed by atoms with E-state index in [0.29, 0.717) is 13.0 Å². The van der Waals surface area contributed by atoms with Gasteiger partial charge in [-0.1, -0.05) is 55.0 Å². The lowest BCUT2D eigenvalue weighted by Crippen LogP contribution is -2.30. The van der Waals surface area contributed by atoms with Crippen molar-refractivity contribution in [1.82, 2.24) is 4.57 Å². The van der Waals surface area contributed by atoms with Crippen molar-refractivity contribution in [1.29, 1.82) is 0 Å². The van der Waals surface area contributed by atoms with Crippen LogP contribution in [-0.2, 0) is 22.8 Å². The number of benzene rings is 2. The Bertz CT molecular complexity index is 1110. The molecule has 5 heteroatoms. The fraction of sp³-hybridized carbons (Fsp3) is 0.227. The minimum absolute atomic E-state index is 0.139. The first-order valence-corrected chi connectivity index (χ1v) is 10.4. The summed E-state index contributed by atoms with van der Waals surface area (Å²) in [5.41, 5.74) is 3.11. The van der Waals surface area contributed by atoms with Crippen LogP contribution >= 0.6 is 0 Å². The van der Waals surface area contributed by atoms with E-state index >= 15 is 0 Å². The molecule has 3 rings (SSSR count). The molecule has 0 aliphatic rings. The van der Waals surface area contributed by atoms with Gasteiger partial charge in [0.25, 0.3) is 5.56 Å². The van der Waals surface area contributed by atoms with Gasteiger partial charge in [0, 0.05) is 5.69 Å². The van der Waals surface area contributed by atoms with Gasteiger partial charge in [-0.2, -0.15) is 0 Å². The van der Waals surface area contributed by atoms with Crippen molar-refractivity contribution in [2.24, 2.45) is 0 Å². The number of rotatable bonds is 5. The zero-order valence-corrected chi connectivity index (χ0v) is 16.6. The summed E-state index contributed by atoms with van der Waals surface area (Å²) in [7, 11) is -3.88. The molecule has 1 heterocycles. The van der Waals surface area contributed by atoms with E-state index in [2.05, 4.69) is 0 Å². The summed E-state index contributed by atoms with van der Waals surface area (Å²) in [6, 6.07) is 17.7. The molecule has 0 radical (unpaired) electrons. The quantitative estimate of drug-likeness (QED) is 0.673. The summed E-state index contributed by atoms with van der Waals surface area (Å²) in [5.74, 6) is 0. The monoisotopic (exact) mass is 381 g/mol. The van der Waals surface area contributed by atoms with Crippen molar-refractivity contribution in [2.45, 2.75) is 43.5 Å². The molecule has 0 N–H and O–H groups in total. The van der Waals surface area contributed by atoms with Crippen LogP contribution in [0.4, 0.5) is 0 Å². The highest BCUT2D eigenvalue weighted by Gasteiger charge is 2.24. The standard InChI is InChI=1S/C22H23NO3S/c1-4-20-17(3)14-21(27(25,26)19-12-10-16(2)11-13-19)22(24)23(20)15-18-8-6-5-7-9-18/h5-14H,4,15H2,1-3H3. The highest BCUT2D eigenvalue weighted by Crippen LogP contribution is 2.21. The molecule has 0 atom stereocenters. The summed E-state index contributed by atoms with van der Waals surface area (Å²) in [6.07, 6.45) is 0.652. The maximum atomic E-state index is 13.2. The Balaban J connectivity index is 2.20. The first-order valence-electron chi connectivity index (χ1n) is 8.93. The van der Waals surface area contributed by atoms with Crippen LogP contribution in [-0.4, -0.2) is 13.0 Å². The van der Waals surface area contributed by atoms with Gasteiger partial charge in [0.15, 0.2) is 0 Å². The fourth-order valence-electron chi connectivity index (χ4n) is 3.25. The average molecular weight is 381 g/mol. The van der Waals surface area contributed by atoms with Crippen LogP contribution in [0.1, 0.15) is 29.3 Å². The molecule has 0 aliphatic heterocycles. The van der Waals surface area contributed by atoms with Gasteiger partial charge >= 0.3 is 0 Å². The van der Waals surface area contributed by atoms with E-state index < -0.39 is 15.4 Å². The van der Waals surface area contributed by atoms with E-state index in [9.17, 15) is 13.2 Å². The Kier molecular flexibility index (Phi) is 5.33. The minimum atomic E-state index is -3.88. The second-order valence-corrected chi connectivity index (χ2v) is 8.60. The Labute approximate surface area is 160 Å². The first kappa shape index (κ1) is 19.1. The van der Waals surface area contributed by atoms with Gasteiger partial charge in [-0.3, -0.25) is 4.79 Å². The smallest absolute Gasteiger partial charge is 0.270 e. The third kappa shape index (κ3) is 3.74. The van der Waals surface area contributed by atoms with Gasteiger partial charge in [0.1, 0.15) is 4.90 Å². The van der Waals surface area contributed by atoms with E-state index in [4.69, 9.17) is 0 Å². The molecule has 4 nitrogen and oxygen atoms in total. The lowest BCUT2D eigenvalue weighted by molar-refractivity contribution is 0.589. The number of aryl methyl sites for hydroxylation is 2. The number of hydrogen-bond acceptors (Lipinski definition) is 3. The van der Waals surface area contributed by atoms with E-state index in [1.807, 2.05) is 51.1 Å². The third-order valence-corrected chi connectivity index (χ3v) is 6.49. The maximum Gasteiger partial charge on any atom is 0.270 e. The van der Waals surface area contributed by atoms with Crippen LogP contribution in [0.3, 0.4) is 0 Å². The molecule has 0 amide bonds. The Morgan fingerprint density at radius 2 is 1.56 bits per heavy atom. The molecular weight excluding hydrogens is 358 g/mol. The predicted molar refractivity (Wildman–Crippen MR) is 107 cm³/mol. The lowest BCUT2D eigenvalue weighted by atomic mass is 10.1. The van der Waals surface area contributed by atoms with Gasteiger partial charge in [0.2, 0.25) is 9.84 Å². The molecule has 0 spiro atoms. The molecule has 0 saturated carbocycles. The van der Waals surface area contributed by atoms with Crippen molar-refractivity contribution in [3.8, 4) is 0 Å². The van der Waals surface area contributed by atoms with E-state index in [0.717, 1.165) is 22.4 Å². The van der Waals surface area contributed by atoms with Crippen molar-refractivity contribution < 1.29 is 8.42 Å². The molecule has 140 valence electrons. The predicted octanol–water partition coefficient (Wildman–Crippen LogP) is 3.91. The number of hydrogen-bond donors (Lipinski definition) is 0. The zero-order chi connectivity index (χ0) is 19.6. The molecule has 0 saturated heterocycles. The average Bonchev–Trinajstić information content (AvgIpc) is 2.65. The van der Waals surface area contributed by atoms with Crippen molar-refractivity contribution >= 4 is 9.84 Å². The maximum absolute atomic E-state index is 13.2. The zero-order valence-electron chi connectivity index (χ0n) is 15.8. The Morgan fingerprint density at radius 1 is 0.926 bits per heavy atom. The second kappa shape index (κ2) is 7.53. The van der Waals surface area contributed by atoms with Crippen LogP contribution < -0.4 is 5.56 Å². The third-order valence-electron chi connectivity index (χ3n) is 4.72. The van der Waals surface area contributed by atoms with Crippen LogP contribution in [0.5, 0.6) is 0 Å². The van der Waals surface area contributed by atoms with Gasteiger partial charge < -0.3 is 4.57 Å². The summed E-state index contributed by atoms with van der Waals surface area (Å²) in [6.45, 7) is 6.07. The molecule has 0 aliphatic carbocycles. The Morgan fingerprint density at radius 3 is 2.15 bits per heavy atom. The van der Waals surface area contributed by atoms with E-state index in [1.54, 1.807) is 28.8 Å². The first-order chi connectivity index (χ1) is 12.8. The number of aromatic nitrogens is 1. The number of pyridine rings is 1. The van der Waals surface area contributed by atoms with E-state index in [-0.39, 0.29) is 9.79 Å². The summed E-state index contributed by atoms with van der Waals surface area (Å²) in [5, 5.41) is 0. The van der Waals surface area contributed by atoms with Crippen LogP contribution in [0, 0.1) is 13.8 Å². The van der Waals surface area contributed by atoms with Crippen LogP contribution in [0.2, 0.25) is 0 Å². The summed E-state index contributed by atoms with van der Waals surface area (Å²) >= 11 is 0. The van der Waals surface area contributed by atoms with Gasteiger partial charge in [-0.25, -0.2) is 8.42 Å². The molecule has 0 unspecified atom stereocenters.